The van der Waals surface area contributed by atoms with Gasteiger partial charge in [0.1, 0.15) is 18.2 Å². The van der Waals surface area contributed by atoms with Gasteiger partial charge >= 0.3 is 12.1 Å². The molecule has 0 spiro atoms. The van der Waals surface area contributed by atoms with Crippen LogP contribution in [0.5, 0.6) is 5.75 Å². The van der Waals surface area contributed by atoms with Gasteiger partial charge < -0.3 is 19.3 Å². The maximum absolute atomic E-state index is 13.9. The number of ether oxygens (including phenoxy) is 3. The molecule has 7 nitrogen and oxygen atoms in total. The number of carbonyl (C=O) groups excluding carboxylic acids is 1. The van der Waals surface area contributed by atoms with E-state index in [4.69, 9.17) is 19.3 Å². The third-order valence-electron chi connectivity index (χ3n) is 5.55. The highest BCUT2D eigenvalue weighted by Gasteiger charge is 2.25. The number of hydrogen-bond acceptors (Lipinski definition) is 5. The summed E-state index contributed by atoms with van der Waals surface area (Å²) in [6, 6.07) is 12.7. The Hall–Kier alpha value is -3.13. The third kappa shape index (κ3) is 6.68. The van der Waals surface area contributed by atoms with Crippen molar-refractivity contribution < 1.29 is 33.3 Å². The summed E-state index contributed by atoms with van der Waals surface area (Å²) in [5.41, 5.74) is 0.877. The minimum atomic E-state index is -0.968. The minimum Gasteiger partial charge on any atom is -0.497 e. The predicted molar refractivity (Wildman–Crippen MR) is 117 cm³/mol. The molecule has 3 rings (SSSR count). The number of carbonyl (C=O) groups is 2. The van der Waals surface area contributed by atoms with E-state index in [1.165, 1.54) is 24.1 Å². The van der Waals surface area contributed by atoms with Crippen LogP contribution in [-0.4, -0.2) is 44.1 Å². The molecule has 8 heteroatoms. The van der Waals surface area contributed by atoms with E-state index in [0.717, 1.165) is 25.7 Å². The van der Waals surface area contributed by atoms with Crippen molar-refractivity contribution >= 4 is 23.4 Å². The van der Waals surface area contributed by atoms with Crippen LogP contribution >= 0.6 is 0 Å². The summed E-state index contributed by atoms with van der Waals surface area (Å²) in [6.45, 7) is 0.414. The van der Waals surface area contributed by atoms with Gasteiger partial charge in [-0.15, -0.1) is 0 Å². The highest BCUT2D eigenvalue weighted by molar-refractivity contribution is 5.96. The number of carboxylic acids is 1. The van der Waals surface area contributed by atoms with Crippen LogP contribution in [-0.2, 0) is 14.3 Å². The molecule has 2 aromatic rings. The number of nitrogens with zero attached hydrogens (tertiary/aromatic N) is 1. The van der Waals surface area contributed by atoms with Gasteiger partial charge in [-0.2, -0.15) is 0 Å². The second kappa shape index (κ2) is 11.5. The summed E-state index contributed by atoms with van der Waals surface area (Å²) in [4.78, 5) is 24.9. The fourth-order valence-corrected chi connectivity index (χ4v) is 3.86. The van der Waals surface area contributed by atoms with E-state index in [2.05, 4.69) is 0 Å². The fraction of sp³-hybridized carbons (Fsp3) is 0.417. The molecule has 1 saturated carbocycles. The molecule has 1 fully saturated rings. The van der Waals surface area contributed by atoms with Crippen LogP contribution in [0.4, 0.5) is 20.6 Å². The largest absolute Gasteiger partial charge is 0.497 e. The van der Waals surface area contributed by atoms with Crippen molar-refractivity contribution in [1.29, 1.82) is 0 Å². The Balaban J connectivity index is 1.61. The zero-order valence-corrected chi connectivity index (χ0v) is 18.0. The number of methoxy groups -OCH3 is 1. The van der Waals surface area contributed by atoms with Gasteiger partial charge in [0.05, 0.1) is 31.7 Å². The molecule has 0 bridgehead atoms. The Morgan fingerprint density at radius 2 is 1.62 bits per heavy atom. The number of carboxylic acid groups (broad SMARTS) is 1. The molecule has 0 aromatic heterocycles. The van der Waals surface area contributed by atoms with Gasteiger partial charge in [-0.25, -0.2) is 18.9 Å². The maximum atomic E-state index is 13.9. The van der Waals surface area contributed by atoms with E-state index < -0.39 is 17.9 Å². The molecule has 0 aliphatic heterocycles. The van der Waals surface area contributed by atoms with Gasteiger partial charge in [0, 0.05) is 6.07 Å². The van der Waals surface area contributed by atoms with E-state index in [-0.39, 0.29) is 19.1 Å². The molecule has 0 radical (unpaired) electrons. The number of hydrogen-bond donors (Lipinski definition) is 1. The lowest BCUT2D eigenvalue weighted by molar-refractivity contribution is -0.142. The first kappa shape index (κ1) is 23.5. The third-order valence-corrected chi connectivity index (χ3v) is 5.55. The number of amides is 1. The lowest BCUT2D eigenvalue weighted by Gasteiger charge is -2.29. The molecule has 32 heavy (non-hydrogen) atoms. The van der Waals surface area contributed by atoms with Crippen molar-refractivity contribution in [2.24, 2.45) is 11.8 Å². The second-order valence-corrected chi connectivity index (χ2v) is 7.89. The van der Waals surface area contributed by atoms with Crippen molar-refractivity contribution in [3.05, 3.63) is 54.3 Å². The summed E-state index contributed by atoms with van der Waals surface area (Å²) in [5.74, 6) is -0.313. The van der Waals surface area contributed by atoms with Crippen molar-refractivity contribution in [2.75, 3.05) is 31.8 Å². The van der Waals surface area contributed by atoms with Gasteiger partial charge in [-0.3, -0.25) is 0 Å². The van der Waals surface area contributed by atoms with E-state index in [0.29, 0.717) is 29.6 Å². The van der Waals surface area contributed by atoms with Crippen LogP contribution in [0, 0.1) is 17.7 Å². The standard InChI is InChI=1S/C24H28FNO6/c1-30-22-7-3-6-21(13-22)26(20-5-2-4-19(25)12-20)24(29)32-15-18-10-8-17(9-11-18)14-31-16-23(27)28/h2-7,12-13,17-18H,8-11,14-16H2,1H3,(H,27,28)/t17-,18-. The number of benzene rings is 2. The molecule has 0 unspecified atom stereocenters. The zero-order chi connectivity index (χ0) is 22.9. The first-order valence-corrected chi connectivity index (χ1v) is 10.6. The first-order valence-electron chi connectivity index (χ1n) is 10.6. The van der Waals surface area contributed by atoms with Crippen LogP contribution < -0.4 is 9.64 Å². The number of halogens is 1. The van der Waals surface area contributed by atoms with Crippen molar-refractivity contribution in [1.82, 2.24) is 0 Å². The molecular weight excluding hydrogens is 417 g/mol. The van der Waals surface area contributed by atoms with E-state index in [9.17, 15) is 14.0 Å². The maximum Gasteiger partial charge on any atom is 0.418 e. The monoisotopic (exact) mass is 445 g/mol. The van der Waals surface area contributed by atoms with E-state index in [1.807, 2.05) is 0 Å². The van der Waals surface area contributed by atoms with Crippen molar-refractivity contribution in [3.63, 3.8) is 0 Å². The summed E-state index contributed by atoms with van der Waals surface area (Å²) in [5, 5.41) is 8.66. The molecular formula is C24H28FNO6. The van der Waals surface area contributed by atoms with Crippen molar-refractivity contribution in [2.45, 2.75) is 25.7 Å². The fourth-order valence-electron chi connectivity index (χ4n) is 3.86. The van der Waals surface area contributed by atoms with Crippen LogP contribution in [0.1, 0.15) is 25.7 Å². The highest BCUT2D eigenvalue weighted by atomic mass is 19.1. The Bertz CT molecular complexity index is 913. The quantitative estimate of drug-likeness (QED) is 0.584. The molecule has 172 valence electrons. The summed E-state index contributed by atoms with van der Waals surface area (Å²) in [7, 11) is 1.53. The topological polar surface area (TPSA) is 85.3 Å². The molecule has 1 aliphatic carbocycles. The van der Waals surface area contributed by atoms with Gasteiger partial charge in [0.15, 0.2) is 0 Å². The van der Waals surface area contributed by atoms with Gasteiger partial charge in [-0.05, 0) is 67.9 Å². The Morgan fingerprint density at radius 1 is 1.00 bits per heavy atom. The molecule has 1 amide bonds. The first-order chi connectivity index (χ1) is 15.5. The molecule has 1 N–H and O–H groups in total. The average Bonchev–Trinajstić information content (AvgIpc) is 2.79. The molecule has 0 saturated heterocycles. The number of aliphatic carboxylic acids is 1. The van der Waals surface area contributed by atoms with Gasteiger partial charge in [0.25, 0.3) is 0 Å². The second-order valence-electron chi connectivity index (χ2n) is 7.89. The average molecular weight is 445 g/mol. The molecule has 0 heterocycles. The normalized spacial score (nSPS) is 18.1. The van der Waals surface area contributed by atoms with E-state index >= 15 is 0 Å². The molecule has 2 aromatic carbocycles. The Labute approximate surface area is 186 Å². The van der Waals surface area contributed by atoms with Crippen LogP contribution in [0.25, 0.3) is 0 Å². The van der Waals surface area contributed by atoms with Crippen molar-refractivity contribution in [3.8, 4) is 5.75 Å². The minimum absolute atomic E-state index is 0.217. The lowest BCUT2D eigenvalue weighted by Crippen LogP contribution is -2.30. The lowest BCUT2D eigenvalue weighted by atomic mass is 9.83. The smallest absolute Gasteiger partial charge is 0.418 e. The van der Waals surface area contributed by atoms with Gasteiger partial charge in [0.2, 0.25) is 0 Å². The predicted octanol–water partition coefficient (Wildman–Crippen LogP) is 5.02. The summed E-state index contributed by atoms with van der Waals surface area (Å²) >= 11 is 0. The SMILES string of the molecule is COc1cccc(N(C(=O)OC[C@H]2CC[C@H](COCC(=O)O)CC2)c2cccc(F)c2)c1. The highest BCUT2D eigenvalue weighted by Crippen LogP contribution is 2.32. The Morgan fingerprint density at radius 3 is 2.25 bits per heavy atom. The van der Waals surface area contributed by atoms with E-state index in [1.54, 1.807) is 36.4 Å². The summed E-state index contributed by atoms with van der Waals surface area (Å²) < 4.78 is 29.9. The number of anilines is 2. The Kier molecular flexibility index (Phi) is 8.44. The van der Waals surface area contributed by atoms with Gasteiger partial charge in [-0.1, -0.05) is 12.1 Å². The zero-order valence-electron chi connectivity index (χ0n) is 18.0. The molecule has 1 aliphatic rings. The summed E-state index contributed by atoms with van der Waals surface area (Å²) in [6.07, 6.45) is 2.94. The van der Waals surface area contributed by atoms with Crippen LogP contribution in [0.15, 0.2) is 48.5 Å². The molecule has 0 atom stereocenters. The van der Waals surface area contributed by atoms with Crippen LogP contribution in [0.2, 0.25) is 0 Å². The van der Waals surface area contributed by atoms with Crippen LogP contribution in [0.3, 0.4) is 0 Å². The number of rotatable bonds is 9.